The fourth-order valence-electron chi connectivity index (χ4n) is 4.11. The van der Waals surface area contributed by atoms with Crippen molar-refractivity contribution >= 4 is 23.4 Å². The summed E-state index contributed by atoms with van der Waals surface area (Å²) in [6.45, 7) is 0.351. The first-order valence-corrected chi connectivity index (χ1v) is 11.5. The van der Waals surface area contributed by atoms with Crippen LogP contribution in [0.25, 0.3) is 0 Å². The summed E-state index contributed by atoms with van der Waals surface area (Å²) >= 11 is 6.18. The van der Waals surface area contributed by atoms with Crippen molar-refractivity contribution in [3.63, 3.8) is 0 Å². The summed E-state index contributed by atoms with van der Waals surface area (Å²) in [5.41, 5.74) is 0.492. The van der Waals surface area contributed by atoms with Crippen LogP contribution in [0.5, 0.6) is 0 Å². The molecular formula is C24H28ClN3O3. The highest BCUT2D eigenvalue weighted by molar-refractivity contribution is 6.31. The molecule has 7 heteroatoms. The van der Waals surface area contributed by atoms with Crippen LogP contribution in [0.4, 0.5) is 0 Å². The Bertz CT molecular complexity index is 1020. The second-order valence-corrected chi connectivity index (χ2v) is 8.91. The van der Waals surface area contributed by atoms with Gasteiger partial charge in [-0.2, -0.15) is 0 Å². The molecule has 4 rings (SSSR count). The van der Waals surface area contributed by atoms with Gasteiger partial charge in [-0.05, 0) is 43.7 Å². The summed E-state index contributed by atoms with van der Waals surface area (Å²) in [5, 5.41) is 6.35. The topological polar surface area (TPSA) is 80.2 Å². The van der Waals surface area contributed by atoms with E-state index in [2.05, 4.69) is 10.6 Å². The van der Waals surface area contributed by atoms with Gasteiger partial charge in [-0.1, -0.05) is 49.1 Å². The van der Waals surface area contributed by atoms with E-state index in [9.17, 15) is 14.4 Å². The molecule has 0 spiro atoms. The molecule has 2 N–H and O–H groups in total. The highest BCUT2D eigenvalue weighted by Crippen LogP contribution is 2.28. The van der Waals surface area contributed by atoms with Gasteiger partial charge >= 0.3 is 0 Å². The molecular weight excluding hydrogens is 414 g/mol. The van der Waals surface area contributed by atoms with Crippen LogP contribution in [-0.2, 0) is 6.42 Å². The Hall–Kier alpha value is -2.60. The van der Waals surface area contributed by atoms with E-state index in [1.807, 2.05) is 28.8 Å². The van der Waals surface area contributed by atoms with Gasteiger partial charge in [-0.25, -0.2) is 0 Å². The number of halogens is 1. The van der Waals surface area contributed by atoms with Crippen molar-refractivity contribution in [1.82, 2.24) is 15.2 Å². The molecule has 31 heavy (non-hydrogen) atoms. The van der Waals surface area contributed by atoms with Gasteiger partial charge in [-0.3, -0.25) is 14.4 Å². The zero-order valence-electron chi connectivity index (χ0n) is 17.5. The second kappa shape index (κ2) is 9.69. The fraction of sp³-hybridized carbons (Fsp3) is 0.458. The number of nitrogens with zero attached hydrogens (tertiary/aromatic N) is 1. The highest BCUT2D eigenvalue weighted by Gasteiger charge is 2.27. The molecule has 2 fully saturated rings. The first-order chi connectivity index (χ1) is 15.0. The lowest BCUT2D eigenvalue weighted by Gasteiger charge is -2.25. The zero-order valence-corrected chi connectivity index (χ0v) is 18.3. The molecule has 1 heterocycles. The van der Waals surface area contributed by atoms with Gasteiger partial charge in [-0.15, -0.1) is 0 Å². The summed E-state index contributed by atoms with van der Waals surface area (Å²) in [7, 11) is 0. The van der Waals surface area contributed by atoms with Crippen molar-refractivity contribution < 1.29 is 9.59 Å². The number of benzene rings is 1. The quantitative estimate of drug-likeness (QED) is 0.684. The number of hydrogen-bond donors (Lipinski definition) is 2. The molecule has 164 valence electrons. The van der Waals surface area contributed by atoms with Crippen LogP contribution in [0.2, 0.25) is 5.02 Å². The van der Waals surface area contributed by atoms with E-state index in [0.717, 1.165) is 44.1 Å². The van der Waals surface area contributed by atoms with Crippen LogP contribution >= 0.6 is 11.6 Å². The minimum Gasteiger partial charge on any atom is -0.352 e. The Kier molecular flexibility index (Phi) is 6.76. The maximum absolute atomic E-state index is 13.0. The van der Waals surface area contributed by atoms with Crippen molar-refractivity contribution in [2.24, 2.45) is 0 Å². The minimum atomic E-state index is -0.513. The monoisotopic (exact) mass is 441 g/mol. The Morgan fingerprint density at radius 2 is 1.65 bits per heavy atom. The molecule has 0 radical (unpaired) electrons. The first-order valence-electron chi connectivity index (χ1n) is 11.1. The molecule has 0 atom stereocenters. The van der Waals surface area contributed by atoms with Crippen molar-refractivity contribution in [2.75, 3.05) is 6.54 Å². The smallest absolute Gasteiger partial charge is 0.256 e. The second-order valence-electron chi connectivity index (χ2n) is 8.50. The molecule has 2 aromatic rings. The molecule has 0 unspecified atom stereocenters. The predicted octanol–water partition coefficient (Wildman–Crippen LogP) is 3.87. The van der Waals surface area contributed by atoms with Crippen LogP contribution in [-0.4, -0.2) is 29.0 Å². The lowest BCUT2D eigenvalue weighted by Crippen LogP contribution is -2.37. The fourth-order valence-corrected chi connectivity index (χ4v) is 4.34. The summed E-state index contributed by atoms with van der Waals surface area (Å²) in [6, 6.07) is 7.82. The molecule has 0 saturated heterocycles. The van der Waals surface area contributed by atoms with E-state index < -0.39 is 11.3 Å². The number of rotatable bonds is 7. The normalized spacial score (nSPS) is 16.7. The Labute approximate surface area is 187 Å². The number of aromatic nitrogens is 1. The van der Waals surface area contributed by atoms with Crippen molar-refractivity contribution in [1.29, 1.82) is 0 Å². The number of amides is 2. The third-order valence-electron chi connectivity index (χ3n) is 6.08. The van der Waals surface area contributed by atoms with Gasteiger partial charge in [0.2, 0.25) is 5.43 Å². The van der Waals surface area contributed by atoms with Gasteiger partial charge < -0.3 is 15.2 Å². The van der Waals surface area contributed by atoms with E-state index in [4.69, 9.17) is 11.6 Å². The summed E-state index contributed by atoms with van der Waals surface area (Å²) in [5.74, 6) is -0.842. The molecule has 1 aromatic heterocycles. The minimum absolute atomic E-state index is 0.0215. The highest BCUT2D eigenvalue weighted by atomic mass is 35.5. The number of carbonyl (C=O) groups is 2. The Morgan fingerprint density at radius 3 is 2.32 bits per heavy atom. The third-order valence-corrected chi connectivity index (χ3v) is 6.45. The molecule has 6 nitrogen and oxygen atoms in total. The van der Waals surface area contributed by atoms with Crippen LogP contribution in [0.1, 0.15) is 77.3 Å². The molecule has 2 aliphatic rings. The van der Waals surface area contributed by atoms with Crippen molar-refractivity contribution in [3.8, 4) is 0 Å². The maximum atomic E-state index is 13.0. The van der Waals surface area contributed by atoms with E-state index in [1.54, 1.807) is 12.4 Å². The van der Waals surface area contributed by atoms with Crippen LogP contribution < -0.4 is 16.1 Å². The van der Waals surface area contributed by atoms with Crippen LogP contribution in [0, 0.1) is 0 Å². The van der Waals surface area contributed by atoms with Crippen molar-refractivity contribution in [3.05, 3.63) is 68.6 Å². The van der Waals surface area contributed by atoms with E-state index in [1.165, 1.54) is 6.42 Å². The predicted molar refractivity (Wildman–Crippen MR) is 121 cm³/mol. The average Bonchev–Trinajstić information content (AvgIpc) is 3.59. The van der Waals surface area contributed by atoms with E-state index in [-0.39, 0.29) is 29.1 Å². The Balaban J connectivity index is 1.55. The van der Waals surface area contributed by atoms with Gasteiger partial charge in [0.05, 0.1) is 0 Å². The summed E-state index contributed by atoms with van der Waals surface area (Å²) in [6.07, 6.45) is 11.1. The first kappa shape index (κ1) is 21.6. The van der Waals surface area contributed by atoms with Gasteiger partial charge in [0, 0.05) is 36.0 Å². The average molecular weight is 442 g/mol. The molecule has 0 aliphatic heterocycles. The maximum Gasteiger partial charge on any atom is 0.256 e. The van der Waals surface area contributed by atoms with Gasteiger partial charge in [0.25, 0.3) is 11.8 Å². The molecule has 1 aromatic carbocycles. The molecule has 0 bridgehead atoms. The van der Waals surface area contributed by atoms with Gasteiger partial charge in [0.15, 0.2) is 0 Å². The van der Waals surface area contributed by atoms with E-state index in [0.29, 0.717) is 18.0 Å². The lowest BCUT2D eigenvalue weighted by atomic mass is 9.95. The van der Waals surface area contributed by atoms with Gasteiger partial charge in [0.1, 0.15) is 11.1 Å². The molecule has 2 amide bonds. The van der Waals surface area contributed by atoms with Crippen molar-refractivity contribution in [2.45, 2.75) is 63.5 Å². The summed E-state index contributed by atoms with van der Waals surface area (Å²) < 4.78 is 1.91. The lowest BCUT2D eigenvalue weighted by molar-refractivity contribution is 0.0948. The number of carbonyl (C=O) groups excluding carboxylic acids is 2. The Morgan fingerprint density at radius 1 is 0.968 bits per heavy atom. The third kappa shape index (κ3) is 5.37. The van der Waals surface area contributed by atoms with Crippen LogP contribution in [0.3, 0.4) is 0 Å². The summed E-state index contributed by atoms with van der Waals surface area (Å²) in [4.78, 5) is 38.6. The standard InChI is InChI=1S/C24H28ClN3O3/c25-21-9-5-4-6-16(21)12-13-26-23(30)19-14-28(18-7-2-1-3-8-18)15-20(22(19)29)24(31)27-17-10-11-17/h4-6,9,14-15,17-18H,1-3,7-8,10-13H2,(H,26,30)(H,27,31). The zero-order chi connectivity index (χ0) is 21.8. The number of pyridine rings is 1. The number of hydrogen-bond acceptors (Lipinski definition) is 3. The number of nitrogens with one attached hydrogen (secondary N) is 2. The van der Waals surface area contributed by atoms with Crippen LogP contribution in [0.15, 0.2) is 41.5 Å². The largest absolute Gasteiger partial charge is 0.352 e. The molecule has 2 aliphatic carbocycles. The molecule has 2 saturated carbocycles. The van der Waals surface area contributed by atoms with E-state index >= 15 is 0 Å². The SMILES string of the molecule is O=C(NCCc1ccccc1Cl)c1cn(C2CCCCC2)cc(C(=O)NC2CC2)c1=O.